The number of piperidine rings is 1. The molecule has 0 spiro atoms. The van der Waals surface area contributed by atoms with E-state index in [9.17, 15) is 9.59 Å². The van der Waals surface area contributed by atoms with Gasteiger partial charge in [0.15, 0.2) is 0 Å². The quantitative estimate of drug-likeness (QED) is 0.836. The van der Waals surface area contributed by atoms with Crippen molar-refractivity contribution >= 4 is 11.8 Å². The minimum atomic E-state index is -0.180. The van der Waals surface area contributed by atoms with Crippen LogP contribution in [0.1, 0.15) is 25.3 Å². The van der Waals surface area contributed by atoms with E-state index in [2.05, 4.69) is 4.90 Å². The lowest BCUT2D eigenvalue weighted by Gasteiger charge is -2.47. The highest BCUT2D eigenvalue weighted by atomic mass is 16.5. The monoisotopic (exact) mass is 345 g/mol. The van der Waals surface area contributed by atoms with Crippen LogP contribution in [0.15, 0.2) is 24.3 Å². The molecular weight excluding hydrogens is 318 g/mol. The summed E-state index contributed by atoms with van der Waals surface area (Å²) in [6.45, 7) is 5.98. The molecule has 2 aliphatic heterocycles. The second kappa shape index (κ2) is 7.87. The van der Waals surface area contributed by atoms with Gasteiger partial charge in [0.1, 0.15) is 5.75 Å². The first-order valence-electron chi connectivity index (χ1n) is 9.09. The first-order valence-corrected chi connectivity index (χ1v) is 9.09. The van der Waals surface area contributed by atoms with Gasteiger partial charge in [0.05, 0.1) is 13.0 Å². The van der Waals surface area contributed by atoms with Crippen molar-refractivity contribution in [1.82, 2.24) is 9.80 Å². The average molecular weight is 345 g/mol. The lowest BCUT2D eigenvalue weighted by atomic mass is 9.93. The van der Waals surface area contributed by atoms with Crippen LogP contribution in [0.3, 0.4) is 0 Å². The normalized spacial score (nSPS) is 19.5. The van der Waals surface area contributed by atoms with Gasteiger partial charge < -0.3 is 15.4 Å². The van der Waals surface area contributed by atoms with Gasteiger partial charge in [-0.3, -0.25) is 14.5 Å². The SMILES string of the molecule is CCOc1ccc(CC(=O)N2CC(N3CCC(C(N)=O)CC3)C2)cc1. The summed E-state index contributed by atoms with van der Waals surface area (Å²) in [7, 11) is 0. The second-order valence-corrected chi connectivity index (χ2v) is 6.92. The molecule has 3 rings (SSSR count). The number of amides is 2. The van der Waals surface area contributed by atoms with Crippen LogP contribution >= 0.6 is 0 Å². The summed E-state index contributed by atoms with van der Waals surface area (Å²) in [5, 5.41) is 0. The molecule has 0 bridgehead atoms. The number of hydrogen-bond donors (Lipinski definition) is 1. The first-order chi connectivity index (χ1) is 12.1. The van der Waals surface area contributed by atoms with E-state index < -0.39 is 0 Å². The molecule has 0 aromatic heterocycles. The van der Waals surface area contributed by atoms with Crippen LogP contribution in [-0.4, -0.2) is 60.4 Å². The Labute approximate surface area is 148 Å². The Balaban J connectivity index is 1.42. The molecule has 136 valence electrons. The van der Waals surface area contributed by atoms with Crippen molar-refractivity contribution in [3.63, 3.8) is 0 Å². The average Bonchev–Trinajstić information content (AvgIpc) is 2.56. The van der Waals surface area contributed by atoms with E-state index in [1.54, 1.807) is 0 Å². The molecule has 25 heavy (non-hydrogen) atoms. The van der Waals surface area contributed by atoms with Gasteiger partial charge in [-0.25, -0.2) is 0 Å². The van der Waals surface area contributed by atoms with Crippen LogP contribution in [0, 0.1) is 5.92 Å². The molecule has 0 saturated carbocycles. The summed E-state index contributed by atoms with van der Waals surface area (Å²) in [6, 6.07) is 8.16. The van der Waals surface area contributed by atoms with E-state index in [1.165, 1.54) is 0 Å². The zero-order valence-electron chi connectivity index (χ0n) is 14.8. The van der Waals surface area contributed by atoms with Gasteiger partial charge in [-0.05, 0) is 50.6 Å². The summed E-state index contributed by atoms with van der Waals surface area (Å²) < 4.78 is 5.42. The molecule has 1 aromatic rings. The third kappa shape index (κ3) is 4.31. The fourth-order valence-electron chi connectivity index (χ4n) is 3.60. The van der Waals surface area contributed by atoms with Gasteiger partial charge in [0.2, 0.25) is 11.8 Å². The molecule has 6 heteroatoms. The second-order valence-electron chi connectivity index (χ2n) is 6.92. The standard InChI is InChI=1S/C19H27N3O3/c1-2-25-17-5-3-14(4-6-17)11-18(23)22-12-16(13-22)21-9-7-15(8-10-21)19(20)24/h3-6,15-16H,2,7-13H2,1H3,(H2,20,24). The Bertz CT molecular complexity index is 603. The predicted octanol–water partition coefficient (Wildman–Crippen LogP) is 1.04. The Morgan fingerprint density at radius 1 is 1.16 bits per heavy atom. The van der Waals surface area contributed by atoms with Gasteiger partial charge in [0, 0.05) is 25.0 Å². The number of benzene rings is 1. The van der Waals surface area contributed by atoms with Gasteiger partial charge >= 0.3 is 0 Å². The molecular formula is C19H27N3O3. The topological polar surface area (TPSA) is 75.9 Å². The summed E-state index contributed by atoms with van der Waals surface area (Å²) >= 11 is 0. The predicted molar refractivity (Wildman–Crippen MR) is 95.2 cm³/mol. The van der Waals surface area contributed by atoms with Crippen molar-refractivity contribution in [1.29, 1.82) is 0 Å². The molecule has 1 aromatic carbocycles. The molecule has 2 N–H and O–H groups in total. The van der Waals surface area contributed by atoms with Gasteiger partial charge in [-0.15, -0.1) is 0 Å². The highest BCUT2D eigenvalue weighted by Crippen LogP contribution is 2.24. The van der Waals surface area contributed by atoms with Crippen molar-refractivity contribution < 1.29 is 14.3 Å². The number of nitrogens with zero attached hydrogens (tertiary/aromatic N) is 2. The van der Waals surface area contributed by atoms with E-state index >= 15 is 0 Å². The minimum absolute atomic E-state index is 0.0220. The number of ether oxygens (including phenoxy) is 1. The molecule has 2 amide bonds. The molecule has 2 fully saturated rings. The fraction of sp³-hybridized carbons (Fsp3) is 0.579. The van der Waals surface area contributed by atoms with Gasteiger partial charge in [0.25, 0.3) is 0 Å². The Kier molecular flexibility index (Phi) is 5.58. The molecule has 2 aliphatic rings. The molecule has 0 unspecified atom stereocenters. The maximum Gasteiger partial charge on any atom is 0.227 e. The molecule has 0 atom stereocenters. The molecule has 2 saturated heterocycles. The van der Waals surface area contributed by atoms with Crippen molar-refractivity contribution in [3.8, 4) is 5.75 Å². The number of nitrogens with two attached hydrogens (primary N) is 1. The molecule has 2 heterocycles. The van der Waals surface area contributed by atoms with Crippen molar-refractivity contribution in [2.75, 3.05) is 32.8 Å². The summed E-state index contributed by atoms with van der Waals surface area (Å²) in [6.07, 6.45) is 2.11. The Morgan fingerprint density at radius 3 is 2.36 bits per heavy atom. The lowest BCUT2D eigenvalue weighted by Crippen LogP contribution is -2.62. The number of rotatable bonds is 6. The zero-order chi connectivity index (χ0) is 17.8. The maximum absolute atomic E-state index is 12.4. The third-order valence-corrected chi connectivity index (χ3v) is 5.25. The third-order valence-electron chi connectivity index (χ3n) is 5.25. The summed E-state index contributed by atoms with van der Waals surface area (Å²) in [5.74, 6) is 0.851. The minimum Gasteiger partial charge on any atom is -0.494 e. The number of hydrogen-bond acceptors (Lipinski definition) is 4. The van der Waals surface area contributed by atoms with Crippen molar-refractivity contribution in [2.45, 2.75) is 32.2 Å². The largest absolute Gasteiger partial charge is 0.494 e. The van der Waals surface area contributed by atoms with E-state index in [0.717, 1.165) is 50.3 Å². The summed E-state index contributed by atoms with van der Waals surface area (Å²) in [5.41, 5.74) is 6.39. The van der Waals surface area contributed by atoms with Crippen molar-refractivity contribution in [3.05, 3.63) is 29.8 Å². The number of likely N-dealkylation sites (tertiary alicyclic amines) is 2. The fourth-order valence-corrected chi connectivity index (χ4v) is 3.60. The van der Waals surface area contributed by atoms with Crippen LogP contribution in [0.2, 0.25) is 0 Å². The van der Waals surface area contributed by atoms with E-state index in [1.807, 2.05) is 36.1 Å². The first kappa shape index (κ1) is 17.7. The molecule has 0 aliphatic carbocycles. The molecule has 6 nitrogen and oxygen atoms in total. The number of primary amides is 1. The van der Waals surface area contributed by atoms with E-state index in [-0.39, 0.29) is 17.7 Å². The van der Waals surface area contributed by atoms with Crippen LogP contribution in [-0.2, 0) is 16.0 Å². The van der Waals surface area contributed by atoms with Crippen LogP contribution in [0.4, 0.5) is 0 Å². The lowest BCUT2D eigenvalue weighted by molar-refractivity contribution is -0.138. The van der Waals surface area contributed by atoms with Gasteiger partial charge in [-0.1, -0.05) is 12.1 Å². The van der Waals surface area contributed by atoms with Gasteiger partial charge in [-0.2, -0.15) is 0 Å². The van der Waals surface area contributed by atoms with Crippen LogP contribution in [0.5, 0.6) is 5.75 Å². The highest BCUT2D eigenvalue weighted by Gasteiger charge is 2.36. The van der Waals surface area contributed by atoms with Crippen molar-refractivity contribution in [2.24, 2.45) is 11.7 Å². The maximum atomic E-state index is 12.4. The smallest absolute Gasteiger partial charge is 0.227 e. The summed E-state index contributed by atoms with van der Waals surface area (Å²) in [4.78, 5) is 27.9. The molecule has 0 radical (unpaired) electrons. The van der Waals surface area contributed by atoms with E-state index in [0.29, 0.717) is 19.1 Å². The Hall–Kier alpha value is -2.08. The van der Waals surface area contributed by atoms with Crippen LogP contribution < -0.4 is 10.5 Å². The number of carbonyl (C=O) groups is 2. The Morgan fingerprint density at radius 2 is 1.80 bits per heavy atom. The highest BCUT2D eigenvalue weighted by molar-refractivity contribution is 5.79. The van der Waals surface area contributed by atoms with Crippen LogP contribution in [0.25, 0.3) is 0 Å². The van der Waals surface area contributed by atoms with E-state index in [4.69, 9.17) is 10.5 Å². The number of carbonyl (C=O) groups excluding carboxylic acids is 2. The zero-order valence-corrected chi connectivity index (χ0v) is 14.8.